The molecule has 0 saturated carbocycles. The van der Waals surface area contributed by atoms with Gasteiger partial charge in [-0.25, -0.2) is 0 Å². The normalized spacial score (nSPS) is 20.1. The zero-order chi connectivity index (χ0) is 22.7. The van der Waals surface area contributed by atoms with E-state index in [9.17, 15) is 4.79 Å². The van der Waals surface area contributed by atoms with E-state index in [0.29, 0.717) is 11.7 Å². The number of anilines is 1. The quantitative estimate of drug-likeness (QED) is 0.673. The van der Waals surface area contributed by atoms with E-state index in [1.165, 1.54) is 0 Å². The van der Waals surface area contributed by atoms with Gasteiger partial charge >= 0.3 is 0 Å². The Morgan fingerprint density at radius 2 is 1.81 bits per heavy atom. The molecule has 2 aliphatic heterocycles. The number of likely N-dealkylation sites (tertiary alicyclic amines) is 1. The van der Waals surface area contributed by atoms with Crippen molar-refractivity contribution in [3.63, 3.8) is 0 Å². The first-order chi connectivity index (χ1) is 15.4. The number of hydrogen-bond donors (Lipinski definition) is 2. The van der Waals surface area contributed by atoms with Gasteiger partial charge in [-0.3, -0.25) is 10.1 Å². The zero-order valence-corrected chi connectivity index (χ0v) is 19.8. The largest absolute Gasteiger partial charge is 0.497 e. The lowest BCUT2D eigenvalue weighted by Gasteiger charge is -2.45. The molecule has 1 unspecified atom stereocenters. The number of ether oxygens (including phenoxy) is 1. The summed E-state index contributed by atoms with van der Waals surface area (Å²) in [5, 5.41) is 7.76. The topological polar surface area (TPSA) is 56.8 Å². The fraction of sp³-hybridized carbons (Fsp3) is 0.440. The summed E-state index contributed by atoms with van der Waals surface area (Å²) in [5.74, 6) is 1.27. The van der Waals surface area contributed by atoms with Crippen molar-refractivity contribution in [2.45, 2.75) is 44.9 Å². The molecule has 1 amide bonds. The number of carbonyl (C=O) groups is 1. The van der Waals surface area contributed by atoms with Gasteiger partial charge in [0.2, 0.25) is 5.91 Å². The summed E-state index contributed by atoms with van der Waals surface area (Å²) in [7, 11) is 1.66. The minimum atomic E-state index is -0.325. The molecule has 0 radical (unpaired) electrons. The van der Waals surface area contributed by atoms with Gasteiger partial charge in [-0.1, -0.05) is 44.2 Å². The molecular weight excluding hydrogens is 420 g/mol. The molecule has 6 nitrogen and oxygen atoms in total. The molecule has 7 heteroatoms. The standard InChI is InChI=1S/C25H32N4O2S/c1-18(2)22-23(30)29(17-19-7-5-4-6-8-19)25(27-22)13-15-28(16-14-25)24(32)26-20-9-11-21(31-3)12-10-20/h4-12,18,22,27H,13-17H2,1-3H3,(H,26,32). The van der Waals surface area contributed by atoms with Gasteiger partial charge in [-0.2, -0.15) is 0 Å². The summed E-state index contributed by atoms with van der Waals surface area (Å²) in [6.07, 6.45) is 1.67. The van der Waals surface area contributed by atoms with Crippen molar-refractivity contribution in [3.8, 4) is 5.75 Å². The average Bonchev–Trinajstić information content (AvgIpc) is 3.07. The number of piperidine rings is 1. The molecule has 2 saturated heterocycles. The molecule has 170 valence electrons. The average molecular weight is 453 g/mol. The van der Waals surface area contributed by atoms with Crippen LogP contribution in [0.5, 0.6) is 5.75 Å². The van der Waals surface area contributed by atoms with Crippen molar-refractivity contribution in [2.75, 3.05) is 25.5 Å². The second-order valence-electron chi connectivity index (χ2n) is 8.95. The predicted octanol–water partition coefficient (Wildman–Crippen LogP) is 3.84. The van der Waals surface area contributed by atoms with Crippen LogP contribution in [-0.4, -0.2) is 52.7 Å². The molecule has 0 bridgehead atoms. The van der Waals surface area contributed by atoms with E-state index in [0.717, 1.165) is 42.9 Å². The summed E-state index contributed by atoms with van der Waals surface area (Å²) in [4.78, 5) is 17.6. The fourth-order valence-electron chi connectivity index (χ4n) is 4.63. The number of hydrogen-bond acceptors (Lipinski definition) is 4. The van der Waals surface area contributed by atoms with E-state index >= 15 is 0 Å². The number of benzene rings is 2. The van der Waals surface area contributed by atoms with Crippen LogP contribution >= 0.6 is 12.2 Å². The maximum Gasteiger partial charge on any atom is 0.241 e. The van der Waals surface area contributed by atoms with Crippen molar-refractivity contribution in [3.05, 3.63) is 60.2 Å². The van der Waals surface area contributed by atoms with E-state index in [1.807, 2.05) is 42.5 Å². The summed E-state index contributed by atoms with van der Waals surface area (Å²) < 4.78 is 5.22. The Bertz CT molecular complexity index is 940. The summed E-state index contributed by atoms with van der Waals surface area (Å²) in [5.41, 5.74) is 1.77. The molecule has 2 fully saturated rings. The predicted molar refractivity (Wildman–Crippen MR) is 132 cm³/mol. The van der Waals surface area contributed by atoms with Crippen LogP contribution in [0, 0.1) is 5.92 Å². The first-order valence-corrected chi connectivity index (χ1v) is 11.7. The number of nitrogens with zero attached hydrogens (tertiary/aromatic N) is 2. The van der Waals surface area contributed by atoms with Gasteiger partial charge in [0.15, 0.2) is 5.11 Å². The molecule has 2 aliphatic rings. The van der Waals surface area contributed by atoms with Crippen LogP contribution in [0.4, 0.5) is 5.69 Å². The highest BCUT2D eigenvalue weighted by atomic mass is 32.1. The lowest BCUT2D eigenvalue weighted by Crippen LogP contribution is -2.59. The number of amides is 1. The number of carbonyl (C=O) groups excluding carboxylic acids is 1. The van der Waals surface area contributed by atoms with E-state index in [4.69, 9.17) is 17.0 Å². The van der Waals surface area contributed by atoms with Crippen LogP contribution in [0.3, 0.4) is 0 Å². The monoisotopic (exact) mass is 452 g/mol. The van der Waals surface area contributed by atoms with Crippen molar-refractivity contribution < 1.29 is 9.53 Å². The molecule has 0 aliphatic carbocycles. The zero-order valence-electron chi connectivity index (χ0n) is 19.0. The van der Waals surface area contributed by atoms with Crippen LogP contribution in [0.15, 0.2) is 54.6 Å². The Morgan fingerprint density at radius 3 is 2.41 bits per heavy atom. The Hall–Kier alpha value is -2.64. The number of methoxy groups -OCH3 is 1. The van der Waals surface area contributed by atoms with E-state index in [2.05, 4.69) is 46.4 Å². The van der Waals surface area contributed by atoms with Crippen molar-refractivity contribution >= 4 is 28.9 Å². The minimum absolute atomic E-state index is 0.144. The van der Waals surface area contributed by atoms with Gasteiger partial charge in [-0.05, 0) is 48.0 Å². The molecule has 2 N–H and O–H groups in total. The molecular formula is C25H32N4O2S. The Morgan fingerprint density at radius 1 is 1.16 bits per heavy atom. The highest BCUT2D eigenvalue weighted by Crippen LogP contribution is 2.35. The van der Waals surface area contributed by atoms with Gasteiger partial charge in [0.1, 0.15) is 5.75 Å². The van der Waals surface area contributed by atoms with Gasteiger partial charge < -0.3 is 19.9 Å². The number of nitrogens with one attached hydrogen (secondary N) is 2. The number of thiocarbonyl (C=S) groups is 1. The van der Waals surface area contributed by atoms with Crippen LogP contribution in [0.25, 0.3) is 0 Å². The van der Waals surface area contributed by atoms with Crippen molar-refractivity contribution in [2.24, 2.45) is 5.92 Å². The molecule has 32 heavy (non-hydrogen) atoms. The van der Waals surface area contributed by atoms with Crippen LogP contribution in [0.1, 0.15) is 32.3 Å². The second kappa shape index (κ2) is 9.46. The maximum atomic E-state index is 13.3. The first kappa shape index (κ1) is 22.6. The summed E-state index contributed by atoms with van der Waals surface area (Å²) >= 11 is 5.69. The highest BCUT2D eigenvalue weighted by molar-refractivity contribution is 7.80. The molecule has 0 aromatic heterocycles. The Balaban J connectivity index is 1.45. The molecule has 2 aromatic rings. The lowest BCUT2D eigenvalue weighted by atomic mass is 9.95. The third-order valence-corrected chi connectivity index (χ3v) is 6.90. The third-order valence-electron chi connectivity index (χ3n) is 6.54. The van der Waals surface area contributed by atoms with Crippen LogP contribution < -0.4 is 15.4 Å². The van der Waals surface area contributed by atoms with E-state index in [-0.39, 0.29) is 23.5 Å². The van der Waals surface area contributed by atoms with E-state index in [1.54, 1.807) is 7.11 Å². The summed E-state index contributed by atoms with van der Waals surface area (Å²) in [6.45, 7) is 6.43. The Labute approximate surface area is 195 Å². The highest BCUT2D eigenvalue weighted by Gasteiger charge is 2.52. The van der Waals surface area contributed by atoms with Crippen molar-refractivity contribution in [1.82, 2.24) is 15.1 Å². The molecule has 1 spiro atoms. The molecule has 2 aromatic carbocycles. The van der Waals surface area contributed by atoms with Gasteiger partial charge in [0, 0.05) is 38.2 Å². The Kier molecular flexibility index (Phi) is 6.67. The van der Waals surface area contributed by atoms with E-state index < -0.39 is 0 Å². The smallest absolute Gasteiger partial charge is 0.241 e. The molecule has 1 atom stereocenters. The second-order valence-corrected chi connectivity index (χ2v) is 9.34. The first-order valence-electron chi connectivity index (χ1n) is 11.2. The van der Waals surface area contributed by atoms with Gasteiger partial charge in [0.05, 0.1) is 18.8 Å². The number of rotatable bonds is 5. The third kappa shape index (κ3) is 4.59. The fourth-order valence-corrected chi connectivity index (χ4v) is 4.93. The minimum Gasteiger partial charge on any atom is -0.497 e. The van der Waals surface area contributed by atoms with Crippen LogP contribution in [0.2, 0.25) is 0 Å². The molecule has 4 rings (SSSR count). The maximum absolute atomic E-state index is 13.3. The van der Waals surface area contributed by atoms with Gasteiger partial charge in [-0.15, -0.1) is 0 Å². The van der Waals surface area contributed by atoms with Gasteiger partial charge in [0.25, 0.3) is 0 Å². The molecule has 2 heterocycles. The van der Waals surface area contributed by atoms with Crippen molar-refractivity contribution in [1.29, 1.82) is 0 Å². The summed E-state index contributed by atoms with van der Waals surface area (Å²) in [6, 6.07) is 17.9. The van der Waals surface area contributed by atoms with Crippen LogP contribution in [-0.2, 0) is 11.3 Å². The SMILES string of the molecule is COc1ccc(NC(=S)N2CCC3(CC2)NC(C(C)C)C(=O)N3Cc2ccccc2)cc1. The lowest BCUT2D eigenvalue weighted by molar-refractivity contribution is -0.134.